The topological polar surface area (TPSA) is 48.7 Å². The molecule has 0 aliphatic carbocycles. The van der Waals surface area contributed by atoms with Gasteiger partial charge in [-0.15, -0.1) is 6.42 Å². The zero-order valence-electron chi connectivity index (χ0n) is 8.20. The molecule has 0 saturated heterocycles. The van der Waals surface area contributed by atoms with Crippen LogP contribution in [0.5, 0.6) is 0 Å². The molecule has 0 bridgehead atoms. The molecular weight excluding hydrogens is 174 g/mol. The minimum absolute atomic E-state index is 0.478. The minimum atomic E-state index is -0.478. The molecule has 1 N–H and O–H groups in total. The average molecular weight is 185 g/mol. The molecule has 0 saturated carbocycles. The van der Waals surface area contributed by atoms with E-state index in [1.807, 2.05) is 13.8 Å². The Morgan fingerprint density at radius 1 is 1.57 bits per heavy atom. The summed E-state index contributed by atoms with van der Waals surface area (Å²) in [5.41, 5.74) is 0.732. The molecular formula is C11H11N3. The zero-order chi connectivity index (χ0) is 10.6. The number of aromatic nitrogens is 1. The summed E-state index contributed by atoms with van der Waals surface area (Å²) >= 11 is 0. The van der Waals surface area contributed by atoms with Gasteiger partial charge in [0.05, 0.1) is 23.0 Å². The maximum Gasteiger partial charge on any atom is 0.101 e. The summed E-state index contributed by atoms with van der Waals surface area (Å²) in [4.78, 5) is 3.93. The molecule has 1 aromatic heterocycles. The summed E-state index contributed by atoms with van der Waals surface area (Å²) in [5.74, 6) is 2.59. The van der Waals surface area contributed by atoms with Crippen LogP contribution >= 0.6 is 0 Å². The van der Waals surface area contributed by atoms with Crippen LogP contribution in [-0.4, -0.2) is 10.5 Å². The molecule has 0 amide bonds. The van der Waals surface area contributed by atoms with E-state index in [9.17, 15) is 0 Å². The van der Waals surface area contributed by atoms with Crippen molar-refractivity contribution in [2.24, 2.45) is 0 Å². The molecule has 0 aliphatic heterocycles. The Labute approximate surface area is 83.8 Å². The van der Waals surface area contributed by atoms with Crippen LogP contribution in [0.3, 0.4) is 0 Å². The number of nitrogens with zero attached hydrogens (tertiary/aromatic N) is 2. The first-order chi connectivity index (χ1) is 6.59. The Bertz CT molecular complexity index is 407. The standard InChI is InChI=1S/C11H11N3/c1-4-11(2,3)14-10-8-13-6-5-9(10)7-12/h1,5-6,8,14H,2-3H3. The van der Waals surface area contributed by atoms with Crippen LogP contribution in [0.15, 0.2) is 18.5 Å². The quantitative estimate of drug-likeness (QED) is 0.714. The van der Waals surface area contributed by atoms with E-state index in [2.05, 4.69) is 22.3 Å². The summed E-state index contributed by atoms with van der Waals surface area (Å²) in [6, 6.07) is 3.72. The van der Waals surface area contributed by atoms with Crippen LogP contribution < -0.4 is 5.32 Å². The van der Waals surface area contributed by atoms with Crippen molar-refractivity contribution in [2.75, 3.05) is 5.32 Å². The van der Waals surface area contributed by atoms with Crippen LogP contribution in [0.25, 0.3) is 0 Å². The van der Waals surface area contributed by atoms with Gasteiger partial charge >= 0.3 is 0 Å². The first-order valence-corrected chi connectivity index (χ1v) is 4.19. The van der Waals surface area contributed by atoms with Gasteiger partial charge in [-0.2, -0.15) is 5.26 Å². The second kappa shape index (κ2) is 3.81. The van der Waals surface area contributed by atoms with E-state index in [0.717, 1.165) is 0 Å². The van der Waals surface area contributed by atoms with Crippen molar-refractivity contribution in [1.82, 2.24) is 4.98 Å². The summed E-state index contributed by atoms with van der Waals surface area (Å²) in [6.07, 6.45) is 8.50. The van der Waals surface area contributed by atoms with Gasteiger partial charge in [-0.25, -0.2) is 0 Å². The number of anilines is 1. The minimum Gasteiger partial charge on any atom is -0.367 e. The van der Waals surface area contributed by atoms with Crippen molar-refractivity contribution in [1.29, 1.82) is 5.26 Å². The summed E-state index contributed by atoms with van der Waals surface area (Å²) in [5, 5.41) is 11.9. The molecule has 3 heteroatoms. The highest BCUT2D eigenvalue weighted by molar-refractivity contribution is 5.57. The summed E-state index contributed by atoms with van der Waals surface area (Å²) in [7, 11) is 0. The Morgan fingerprint density at radius 3 is 2.86 bits per heavy atom. The fraction of sp³-hybridized carbons (Fsp3) is 0.273. The van der Waals surface area contributed by atoms with Crippen molar-refractivity contribution in [3.05, 3.63) is 24.0 Å². The third-order valence-electron chi connectivity index (χ3n) is 1.75. The van der Waals surface area contributed by atoms with Gasteiger partial charge in [-0.3, -0.25) is 4.98 Å². The van der Waals surface area contributed by atoms with Gasteiger partial charge in [0.15, 0.2) is 0 Å². The van der Waals surface area contributed by atoms with E-state index >= 15 is 0 Å². The number of nitrogens with one attached hydrogen (secondary N) is 1. The molecule has 1 rings (SSSR count). The predicted octanol–water partition coefficient (Wildman–Crippen LogP) is 1.78. The molecule has 0 radical (unpaired) electrons. The van der Waals surface area contributed by atoms with Crippen molar-refractivity contribution in [3.8, 4) is 18.4 Å². The van der Waals surface area contributed by atoms with E-state index in [-0.39, 0.29) is 0 Å². The fourth-order valence-electron chi connectivity index (χ4n) is 0.964. The summed E-state index contributed by atoms with van der Waals surface area (Å²) < 4.78 is 0. The first-order valence-electron chi connectivity index (χ1n) is 4.19. The molecule has 0 fully saturated rings. The number of nitriles is 1. The average Bonchev–Trinajstić information content (AvgIpc) is 2.18. The highest BCUT2D eigenvalue weighted by Gasteiger charge is 2.14. The van der Waals surface area contributed by atoms with Crippen molar-refractivity contribution < 1.29 is 0 Å². The van der Waals surface area contributed by atoms with Crippen LogP contribution in [0.4, 0.5) is 5.69 Å². The molecule has 1 aromatic rings. The number of hydrogen-bond donors (Lipinski definition) is 1. The van der Waals surface area contributed by atoms with Crippen LogP contribution in [-0.2, 0) is 0 Å². The molecule has 1 heterocycles. The van der Waals surface area contributed by atoms with Gasteiger partial charge in [-0.05, 0) is 19.9 Å². The van der Waals surface area contributed by atoms with Crippen LogP contribution in [0.1, 0.15) is 19.4 Å². The van der Waals surface area contributed by atoms with Gasteiger partial charge in [-0.1, -0.05) is 5.92 Å². The number of terminal acetylenes is 1. The lowest BCUT2D eigenvalue weighted by molar-refractivity contribution is 0.740. The van der Waals surface area contributed by atoms with E-state index in [1.54, 1.807) is 18.5 Å². The molecule has 0 aromatic carbocycles. The Kier molecular flexibility index (Phi) is 2.74. The van der Waals surface area contributed by atoms with Crippen molar-refractivity contribution in [3.63, 3.8) is 0 Å². The fourth-order valence-corrected chi connectivity index (χ4v) is 0.964. The lowest BCUT2D eigenvalue weighted by Gasteiger charge is -2.21. The molecule has 0 spiro atoms. The van der Waals surface area contributed by atoms with Crippen LogP contribution in [0.2, 0.25) is 0 Å². The highest BCUT2D eigenvalue weighted by atomic mass is 15.0. The van der Waals surface area contributed by atoms with E-state index < -0.39 is 5.54 Å². The monoisotopic (exact) mass is 185 g/mol. The molecule has 70 valence electrons. The third-order valence-corrected chi connectivity index (χ3v) is 1.75. The van der Waals surface area contributed by atoms with Gasteiger partial charge in [0.25, 0.3) is 0 Å². The predicted molar refractivity (Wildman–Crippen MR) is 55.5 cm³/mol. The second-order valence-electron chi connectivity index (χ2n) is 3.43. The third kappa shape index (κ3) is 2.24. The Morgan fingerprint density at radius 2 is 2.29 bits per heavy atom. The van der Waals surface area contributed by atoms with Crippen LogP contribution in [0, 0.1) is 23.7 Å². The smallest absolute Gasteiger partial charge is 0.101 e. The lowest BCUT2D eigenvalue weighted by Crippen LogP contribution is -2.28. The number of hydrogen-bond acceptors (Lipinski definition) is 3. The molecule has 14 heavy (non-hydrogen) atoms. The first kappa shape index (κ1) is 10.1. The maximum atomic E-state index is 8.82. The van der Waals surface area contributed by atoms with Crippen molar-refractivity contribution >= 4 is 5.69 Å². The normalized spacial score (nSPS) is 10.0. The van der Waals surface area contributed by atoms with Gasteiger partial charge in [0, 0.05) is 6.20 Å². The molecule has 0 unspecified atom stereocenters. The Hall–Kier alpha value is -2.00. The zero-order valence-corrected chi connectivity index (χ0v) is 8.20. The van der Waals surface area contributed by atoms with Crippen molar-refractivity contribution in [2.45, 2.75) is 19.4 Å². The molecule has 0 atom stereocenters. The van der Waals surface area contributed by atoms with Gasteiger partial charge in [0.2, 0.25) is 0 Å². The summed E-state index contributed by atoms with van der Waals surface area (Å²) in [6.45, 7) is 3.72. The van der Waals surface area contributed by atoms with Gasteiger partial charge < -0.3 is 5.32 Å². The molecule has 3 nitrogen and oxygen atoms in total. The maximum absolute atomic E-state index is 8.82. The molecule has 0 aliphatic rings. The second-order valence-corrected chi connectivity index (χ2v) is 3.43. The highest BCUT2D eigenvalue weighted by Crippen LogP contribution is 2.17. The van der Waals surface area contributed by atoms with E-state index in [4.69, 9.17) is 11.7 Å². The number of rotatable bonds is 2. The largest absolute Gasteiger partial charge is 0.367 e. The number of pyridine rings is 1. The Balaban J connectivity index is 3.00. The van der Waals surface area contributed by atoms with E-state index in [0.29, 0.717) is 11.3 Å². The SMILES string of the molecule is C#CC(C)(C)Nc1cnccc1C#N. The van der Waals surface area contributed by atoms with Gasteiger partial charge in [0.1, 0.15) is 6.07 Å². The van der Waals surface area contributed by atoms with E-state index in [1.165, 1.54) is 0 Å². The lowest BCUT2D eigenvalue weighted by atomic mass is 10.1.